The fourth-order valence-electron chi connectivity index (χ4n) is 3.67. The zero-order valence-electron chi connectivity index (χ0n) is 14.2. The molecule has 0 spiro atoms. The summed E-state index contributed by atoms with van der Waals surface area (Å²) in [4.78, 5) is 2.03. The summed E-state index contributed by atoms with van der Waals surface area (Å²) in [5.74, 6) is 0.228. The number of alkyl halides is 3. The second kappa shape index (κ2) is 6.26. The number of anilines is 1. The van der Waals surface area contributed by atoms with Crippen LogP contribution in [-0.4, -0.2) is 32.9 Å². The predicted molar refractivity (Wildman–Crippen MR) is 91.0 cm³/mol. The average Bonchev–Trinajstić information content (AvgIpc) is 3.06. The minimum Gasteiger partial charge on any atom is -0.355 e. The van der Waals surface area contributed by atoms with Crippen LogP contribution in [0.3, 0.4) is 0 Å². The van der Waals surface area contributed by atoms with Gasteiger partial charge in [0.25, 0.3) is 5.82 Å². The molecule has 0 saturated carbocycles. The molecule has 1 fully saturated rings. The van der Waals surface area contributed by atoms with Crippen LogP contribution in [0.15, 0.2) is 42.5 Å². The van der Waals surface area contributed by atoms with E-state index < -0.39 is 12.0 Å². The third kappa shape index (κ3) is 3.00. The highest BCUT2D eigenvalue weighted by molar-refractivity contribution is 5.46. The van der Waals surface area contributed by atoms with Crippen molar-refractivity contribution in [2.75, 3.05) is 18.0 Å². The summed E-state index contributed by atoms with van der Waals surface area (Å²) < 4.78 is 39.9. The van der Waals surface area contributed by atoms with E-state index in [0.717, 1.165) is 24.0 Å². The molecule has 1 saturated heterocycles. The topological polar surface area (TPSA) is 46.3 Å². The van der Waals surface area contributed by atoms with Crippen LogP contribution >= 0.6 is 0 Å². The van der Waals surface area contributed by atoms with Crippen LogP contribution < -0.4 is 4.90 Å². The molecule has 2 aromatic heterocycles. The Bertz CT molecular complexity index is 906. The highest BCUT2D eigenvalue weighted by Crippen LogP contribution is 2.34. The molecule has 1 aliphatic heterocycles. The summed E-state index contributed by atoms with van der Waals surface area (Å²) in [5.41, 5.74) is 1.40. The molecule has 8 heteroatoms. The lowest BCUT2D eigenvalue weighted by Gasteiger charge is -2.37. The van der Waals surface area contributed by atoms with Crippen molar-refractivity contribution in [2.24, 2.45) is 5.92 Å². The number of hydrogen-bond acceptors (Lipinski definition) is 4. The average molecular weight is 361 g/mol. The number of nitrogens with zero attached hydrogens (tertiary/aromatic N) is 5. The SMILES string of the molecule is CC1CN(c2ccc3nnc(C(F)(F)F)n3n2)CCC1c1ccccc1. The third-order valence-corrected chi connectivity index (χ3v) is 4.96. The standard InChI is InChI=1S/C18H18F3N5/c1-12-11-25(10-9-14(12)13-5-3-2-4-6-13)16-8-7-15-22-23-17(18(19,20)21)26(15)24-16/h2-8,12,14H,9-11H2,1H3. The van der Waals surface area contributed by atoms with Gasteiger partial charge in [-0.05, 0) is 36.0 Å². The monoisotopic (exact) mass is 361 g/mol. The highest BCUT2D eigenvalue weighted by Gasteiger charge is 2.38. The number of fused-ring (bicyclic) bond motifs is 1. The van der Waals surface area contributed by atoms with E-state index in [1.807, 2.05) is 23.1 Å². The fourth-order valence-corrected chi connectivity index (χ4v) is 3.67. The van der Waals surface area contributed by atoms with Crippen molar-refractivity contribution < 1.29 is 13.2 Å². The van der Waals surface area contributed by atoms with Crippen LogP contribution in [-0.2, 0) is 6.18 Å². The summed E-state index contributed by atoms with van der Waals surface area (Å²) in [6.07, 6.45) is -3.65. The maximum atomic E-state index is 13.0. The second-order valence-corrected chi connectivity index (χ2v) is 6.71. The number of aromatic nitrogens is 4. The van der Waals surface area contributed by atoms with Gasteiger partial charge in [0, 0.05) is 13.1 Å². The molecule has 1 aliphatic rings. The number of piperidine rings is 1. The Balaban J connectivity index is 1.59. The number of rotatable bonds is 2. The van der Waals surface area contributed by atoms with Crippen LogP contribution in [0.4, 0.5) is 19.0 Å². The Morgan fingerprint density at radius 2 is 1.81 bits per heavy atom. The van der Waals surface area contributed by atoms with Gasteiger partial charge in [0.05, 0.1) is 0 Å². The lowest BCUT2D eigenvalue weighted by Crippen LogP contribution is -2.39. The van der Waals surface area contributed by atoms with E-state index in [1.54, 1.807) is 6.07 Å². The van der Waals surface area contributed by atoms with Gasteiger partial charge in [0.2, 0.25) is 0 Å². The summed E-state index contributed by atoms with van der Waals surface area (Å²) in [5, 5.41) is 10.9. The largest absolute Gasteiger partial charge is 0.453 e. The number of benzene rings is 1. The van der Waals surface area contributed by atoms with Crippen LogP contribution in [0.5, 0.6) is 0 Å². The van der Waals surface area contributed by atoms with Crippen molar-refractivity contribution >= 4 is 11.5 Å². The molecule has 1 aromatic carbocycles. The summed E-state index contributed by atoms with van der Waals surface area (Å²) in [6.45, 7) is 3.65. The van der Waals surface area contributed by atoms with E-state index in [4.69, 9.17) is 0 Å². The first-order chi connectivity index (χ1) is 12.4. The van der Waals surface area contributed by atoms with Gasteiger partial charge in [-0.3, -0.25) is 0 Å². The van der Waals surface area contributed by atoms with E-state index in [-0.39, 0.29) is 5.65 Å². The van der Waals surface area contributed by atoms with Crippen molar-refractivity contribution in [1.29, 1.82) is 0 Å². The molecule has 2 unspecified atom stereocenters. The maximum Gasteiger partial charge on any atom is 0.453 e. The molecule has 3 heterocycles. The molecule has 0 radical (unpaired) electrons. The van der Waals surface area contributed by atoms with E-state index >= 15 is 0 Å². The molecule has 4 rings (SSSR count). The molecule has 0 amide bonds. The molecule has 5 nitrogen and oxygen atoms in total. The van der Waals surface area contributed by atoms with E-state index in [9.17, 15) is 13.2 Å². The molecular formula is C18H18F3N5. The molecule has 26 heavy (non-hydrogen) atoms. The lowest BCUT2D eigenvalue weighted by molar-refractivity contribution is -0.146. The lowest BCUT2D eigenvalue weighted by atomic mass is 9.81. The number of halogens is 3. The third-order valence-electron chi connectivity index (χ3n) is 4.96. The molecule has 3 aromatic rings. The zero-order chi connectivity index (χ0) is 18.3. The Kier molecular flexibility index (Phi) is 4.05. The predicted octanol–water partition coefficient (Wildman–Crippen LogP) is 3.77. The first-order valence-electron chi connectivity index (χ1n) is 8.53. The molecule has 136 valence electrons. The molecule has 0 bridgehead atoms. The Morgan fingerprint density at radius 3 is 2.50 bits per heavy atom. The van der Waals surface area contributed by atoms with Gasteiger partial charge in [0.1, 0.15) is 5.82 Å². The fraction of sp³-hybridized carbons (Fsp3) is 0.389. The van der Waals surface area contributed by atoms with Crippen LogP contribution in [0, 0.1) is 5.92 Å². The quantitative estimate of drug-likeness (QED) is 0.697. The minimum absolute atomic E-state index is 0.0910. The summed E-state index contributed by atoms with van der Waals surface area (Å²) in [7, 11) is 0. The van der Waals surface area contributed by atoms with E-state index in [0.29, 0.717) is 17.7 Å². The first-order valence-corrected chi connectivity index (χ1v) is 8.53. The van der Waals surface area contributed by atoms with Gasteiger partial charge in [0.15, 0.2) is 5.65 Å². The van der Waals surface area contributed by atoms with Gasteiger partial charge in [-0.15, -0.1) is 15.3 Å². The molecule has 0 aliphatic carbocycles. The zero-order valence-corrected chi connectivity index (χ0v) is 14.2. The van der Waals surface area contributed by atoms with Gasteiger partial charge >= 0.3 is 6.18 Å². The van der Waals surface area contributed by atoms with Gasteiger partial charge in [-0.1, -0.05) is 37.3 Å². The highest BCUT2D eigenvalue weighted by atomic mass is 19.4. The second-order valence-electron chi connectivity index (χ2n) is 6.71. The van der Waals surface area contributed by atoms with E-state index in [2.05, 4.69) is 34.4 Å². The van der Waals surface area contributed by atoms with Gasteiger partial charge in [-0.25, -0.2) is 0 Å². The maximum absolute atomic E-state index is 13.0. The Morgan fingerprint density at radius 1 is 1.04 bits per heavy atom. The molecular weight excluding hydrogens is 343 g/mol. The molecule has 0 N–H and O–H groups in total. The minimum atomic E-state index is -4.58. The van der Waals surface area contributed by atoms with E-state index in [1.165, 1.54) is 11.6 Å². The van der Waals surface area contributed by atoms with Crippen molar-refractivity contribution in [3.8, 4) is 0 Å². The Labute approximate surface area is 148 Å². The normalized spacial score (nSPS) is 21.3. The van der Waals surface area contributed by atoms with Crippen molar-refractivity contribution in [2.45, 2.75) is 25.4 Å². The van der Waals surface area contributed by atoms with Crippen molar-refractivity contribution in [1.82, 2.24) is 19.8 Å². The first kappa shape index (κ1) is 16.8. The number of hydrogen-bond donors (Lipinski definition) is 0. The summed E-state index contributed by atoms with van der Waals surface area (Å²) >= 11 is 0. The smallest absolute Gasteiger partial charge is 0.355 e. The molecule has 2 atom stereocenters. The van der Waals surface area contributed by atoms with Crippen molar-refractivity contribution in [3.63, 3.8) is 0 Å². The summed E-state index contributed by atoms with van der Waals surface area (Å²) in [6, 6.07) is 13.6. The Hall–Kier alpha value is -2.64. The van der Waals surface area contributed by atoms with Gasteiger partial charge in [-0.2, -0.15) is 17.7 Å². The van der Waals surface area contributed by atoms with Crippen molar-refractivity contribution in [3.05, 3.63) is 53.9 Å². The van der Waals surface area contributed by atoms with Crippen LogP contribution in [0.2, 0.25) is 0 Å². The van der Waals surface area contributed by atoms with Crippen LogP contribution in [0.25, 0.3) is 5.65 Å². The van der Waals surface area contributed by atoms with Gasteiger partial charge < -0.3 is 4.90 Å². The van der Waals surface area contributed by atoms with Crippen LogP contribution in [0.1, 0.15) is 30.7 Å².